The smallest absolute Gasteiger partial charge is 0.264 e. The molecule has 4 rings (SSSR count). The van der Waals surface area contributed by atoms with Crippen LogP contribution in [-0.2, 0) is 26.2 Å². The van der Waals surface area contributed by atoms with Crippen LogP contribution in [0.4, 0.5) is 5.69 Å². The molecule has 0 aromatic heterocycles. The molecule has 0 aliphatic heterocycles. The van der Waals surface area contributed by atoms with Crippen molar-refractivity contribution in [3.05, 3.63) is 92.9 Å². The first-order valence-corrected chi connectivity index (χ1v) is 16.4. The van der Waals surface area contributed by atoms with Gasteiger partial charge >= 0.3 is 0 Å². The third-order valence-electron chi connectivity index (χ3n) is 7.22. The molecule has 0 radical (unpaired) electrons. The van der Waals surface area contributed by atoms with Crippen LogP contribution in [-0.4, -0.2) is 43.8 Å². The van der Waals surface area contributed by atoms with E-state index in [0.717, 1.165) is 36.4 Å². The average Bonchev–Trinajstić information content (AvgIpc) is 2.96. The molecule has 3 aromatic carbocycles. The number of carbonyl (C=O) groups excluding carboxylic acids is 2. The van der Waals surface area contributed by atoms with Crippen molar-refractivity contribution in [1.29, 1.82) is 0 Å². The molecule has 7 nitrogen and oxygen atoms in total. The summed E-state index contributed by atoms with van der Waals surface area (Å²) in [5.41, 5.74) is 0.771. The first kappa shape index (κ1) is 31.3. The number of sulfonamides is 1. The predicted octanol–water partition coefficient (Wildman–Crippen LogP) is 6.82. The van der Waals surface area contributed by atoms with E-state index in [4.69, 9.17) is 23.2 Å². The van der Waals surface area contributed by atoms with E-state index in [1.807, 2.05) is 0 Å². The highest BCUT2D eigenvalue weighted by molar-refractivity contribution is 9.10. The molecular formula is C30H32BrCl2N3O4S. The van der Waals surface area contributed by atoms with Gasteiger partial charge in [0, 0.05) is 32.7 Å². The van der Waals surface area contributed by atoms with Crippen LogP contribution in [0.2, 0.25) is 10.0 Å². The van der Waals surface area contributed by atoms with E-state index in [0.29, 0.717) is 25.8 Å². The molecule has 218 valence electrons. The molecule has 1 aliphatic carbocycles. The Hall–Kier alpha value is -2.59. The second-order valence-electron chi connectivity index (χ2n) is 10.0. The zero-order valence-electron chi connectivity index (χ0n) is 22.6. The van der Waals surface area contributed by atoms with Crippen molar-refractivity contribution in [2.45, 2.75) is 62.6 Å². The molecule has 1 N–H and O–H groups in total. The van der Waals surface area contributed by atoms with Crippen molar-refractivity contribution < 1.29 is 18.0 Å². The van der Waals surface area contributed by atoms with Crippen LogP contribution in [0.5, 0.6) is 0 Å². The number of hydrogen-bond acceptors (Lipinski definition) is 4. The van der Waals surface area contributed by atoms with E-state index in [-0.39, 0.29) is 23.4 Å². The summed E-state index contributed by atoms with van der Waals surface area (Å²) in [5.74, 6) is -0.889. The van der Waals surface area contributed by atoms with Gasteiger partial charge in [0.25, 0.3) is 10.0 Å². The number of anilines is 1. The van der Waals surface area contributed by atoms with Gasteiger partial charge < -0.3 is 10.2 Å². The molecule has 2 amide bonds. The van der Waals surface area contributed by atoms with Crippen LogP contribution >= 0.6 is 39.1 Å². The standard InChI is InChI=1S/C30H32BrCl2N3O4S/c1-21(30(38)34-23-11-4-2-5-12-23)35(19-26-27(32)16-9-17-28(26)33)29(37)20-36(24-13-8-10-22(31)18-24)41(39,40)25-14-6-3-7-15-25/h3,6-10,13-18,21,23H,2,4-5,11-12,19-20H2,1H3,(H,34,38)/t21-/m0/s1. The molecule has 0 bridgehead atoms. The third kappa shape index (κ3) is 7.83. The minimum atomic E-state index is -4.14. The van der Waals surface area contributed by atoms with Crippen molar-refractivity contribution in [3.8, 4) is 0 Å². The van der Waals surface area contributed by atoms with Gasteiger partial charge in [0.05, 0.1) is 10.6 Å². The predicted molar refractivity (Wildman–Crippen MR) is 167 cm³/mol. The van der Waals surface area contributed by atoms with E-state index in [1.54, 1.807) is 67.6 Å². The van der Waals surface area contributed by atoms with Crippen molar-refractivity contribution in [2.24, 2.45) is 0 Å². The minimum absolute atomic E-state index is 0.0381. The van der Waals surface area contributed by atoms with E-state index in [9.17, 15) is 18.0 Å². The SMILES string of the molecule is C[C@@H](C(=O)NC1CCCCC1)N(Cc1c(Cl)cccc1Cl)C(=O)CN(c1cccc(Br)c1)S(=O)(=O)c1ccccc1. The van der Waals surface area contributed by atoms with Crippen LogP contribution in [0.25, 0.3) is 0 Å². The van der Waals surface area contributed by atoms with Gasteiger partial charge in [-0.05, 0) is 62.2 Å². The molecule has 1 saturated carbocycles. The topological polar surface area (TPSA) is 86.8 Å². The van der Waals surface area contributed by atoms with Gasteiger partial charge in [-0.3, -0.25) is 13.9 Å². The quantitative estimate of drug-likeness (QED) is 0.255. The maximum absolute atomic E-state index is 14.1. The molecule has 11 heteroatoms. The van der Waals surface area contributed by atoms with Crippen molar-refractivity contribution in [1.82, 2.24) is 10.2 Å². The lowest BCUT2D eigenvalue weighted by molar-refractivity contribution is -0.139. The van der Waals surface area contributed by atoms with Crippen LogP contribution < -0.4 is 9.62 Å². The number of halogens is 3. The Bertz CT molecular complexity index is 1460. The van der Waals surface area contributed by atoms with E-state index in [2.05, 4.69) is 21.2 Å². The lowest BCUT2D eigenvalue weighted by Crippen LogP contribution is -2.53. The van der Waals surface area contributed by atoms with Gasteiger partial charge in [-0.15, -0.1) is 0 Å². The van der Waals surface area contributed by atoms with Crippen molar-refractivity contribution in [3.63, 3.8) is 0 Å². The van der Waals surface area contributed by atoms with E-state index >= 15 is 0 Å². The van der Waals surface area contributed by atoms with E-state index < -0.39 is 28.5 Å². The fourth-order valence-corrected chi connectivity index (χ4v) is 7.22. The third-order valence-corrected chi connectivity index (χ3v) is 10.2. The number of nitrogens with zero attached hydrogens (tertiary/aromatic N) is 2. The number of rotatable bonds is 10. The summed E-state index contributed by atoms with van der Waals surface area (Å²) >= 11 is 16.3. The Labute approximate surface area is 260 Å². The number of carbonyl (C=O) groups is 2. The van der Waals surface area contributed by atoms with Crippen LogP contribution in [0.1, 0.15) is 44.6 Å². The first-order valence-electron chi connectivity index (χ1n) is 13.4. The summed E-state index contributed by atoms with van der Waals surface area (Å²) in [5, 5.41) is 3.77. The number of hydrogen-bond donors (Lipinski definition) is 1. The molecule has 1 aliphatic rings. The summed E-state index contributed by atoms with van der Waals surface area (Å²) in [4.78, 5) is 28.9. The van der Waals surface area contributed by atoms with Crippen LogP contribution in [0, 0.1) is 0 Å². The Morgan fingerprint density at radius 2 is 1.59 bits per heavy atom. The van der Waals surface area contributed by atoms with E-state index in [1.165, 1.54) is 17.0 Å². The van der Waals surface area contributed by atoms with Crippen molar-refractivity contribution in [2.75, 3.05) is 10.8 Å². The summed E-state index contributed by atoms with van der Waals surface area (Å²) in [6.07, 6.45) is 4.98. The second-order valence-corrected chi connectivity index (χ2v) is 13.6. The minimum Gasteiger partial charge on any atom is -0.352 e. The largest absolute Gasteiger partial charge is 0.352 e. The fourth-order valence-electron chi connectivity index (χ4n) is 4.88. The molecule has 1 atom stereocenters. The van der Waals surface area contributed by atoms with Gasteiger partial charge in [0.2, 0.25) is 11.8 Å². The van der Waals surface area contributed by atoms with Gasteiger partial charge in [0.15, 0.2) is 0 Å². The van der Waals surface area contributed by atoms with Crippen molar-refractivity contribution >= 4 is 66.7 Å². The molecule has 0 spiro atoms. The Morgan fingerprint density at radius 1 is 0.951 bits per heavy atom. The van der Waals surface area contributed by atoms with Gasteiger partial charge in [-0.1, -0.05) is 88.7 Å². The van der Waals surface area contributed by atoms with Gasteiger partial charge in [-0.25, -0.2) is 8.42 Å². The number of benzene rings is 3. The Kier molecular flexibility index (Phi) is 10.7. The molecule has 0 saturated heterocycles. The summed E-state index contributed by atoms with van der Waals surface area (Å²) in [6.45, 7) is 1.01. The molecule has 0 heterocycles. The van der Waals surface area contributed by atoms with Gasteiger partial charge in [0.1, 0.15) is 12.6 Å². The Morgan fingerprint density at radius 3 is 2.22 bits per heavy atom. The second kappa shape index (κ2) is 14.1. The molecule has 41 heavy (non-hydrogen) atoms. The lowest BCUT2D eigenvalue weighted by Gasteiger charge is -2.33. The highest BCUT2D eigenvalue weighted by atomic mass is 79.9. The zero-order valence-corrected chi connectivity index (χ0v) is 26.5. The normalized spacial score (nSPS) is 14.7. The van der Waals surface area contributed by atoms with Crippen LogP contribution in [0.15, 0.2) is 82.2 Å². The summed E-state index contributed by atoms with van der Waals surface area (Å²) < 4.78 is 29.4. The number of nitrogens with one attached hydrogen (secondary N) is 1. The highest BCUT2D eigenvalue weighted by Crippen LogP contribution is 2.29. The molecular weight excluding hydrogens is 649 g/mol. The Balaban J connectivity index is 1.70. The maximum Gasteiger partial charge on any atom is 0.264 e. The monoisotopic (exact) mass is 679 g/mol. The summed E-state index contributed by atoms with van der Waals surface area (Å²) in [6, 6.07) is 18.8. The van der Waals surface area contributed by atoms with Gasteiger partial charge in [-0.2, -0.15) is 0 Å². The maximum atomic E-state index is 14.1. The molecule has 1 fully saturated rings. The van der Waals surface area contributed by atoms with Crippen LogP contribution in [0.3, 0.4) is 0 Å². The lowest BCUT2D eigenvalue weighted by atomic mass is 9.95. The highest BCUT2D eigenvalue weighted by Gasteiger charge is 2.33. The number of amides is 2. The summed E-state index contributed by atoms with van der Waals surface area (Å²) in [7, 11) is -4.14. The molecule has 3 aromatic rings. The fraction of sp³-hybridized carbons (Fsp3) is 0.333. The zero-order chi connectivity index (χ0) is 29.6. The average molecular weight is 681 g/mol. The molecule has 0 unspecified atom stereocenters. The first-order chi connectivity index (χ1) is 19.6.